The van der Waals surface area contributed by atoms with E-state index in [1.807, 2.05) is 18.2 Å². The number of ether oxygens (including phenoxy) is 1. The molecule has 0 amide bonds. The van der Waals surface area contributed by atoms with E-state index in [9.17, 15) is 0 Å². The van der Waals surface area contributed by atoms with Crippen molar-refractivity contribution < 1.29 is 4.74 Å². The Morgan fingerprint density at radius 2 is 1.96 bits per heavy atom. The fourth-order valence-corrected chi connectivity index (χ4v) is 3.49. The maximum absolute atomic E-state index is 6.10. The molecule has 4 rings (SSSR count). The van der Waals surface area contributed by atoms with Gasteiger partial charge >= 0.3 is 0 Å². The Bertz CT molecular complexity index is 921. The first kappa shape index (κ1) is 19.5. The Balaban J connectivity index is 0.00000210. The van der Waals surface area contributed by atoms with Gasteiger partial charge in [0.15, 0.2) is 5.96 Å². The molecule has 2 aromatic carbocycles. The molecule has 0 saturated carbocycles. The highest BCUT2D eigenvalue weighted by atomic mass is 127. The van der Waals surface area contributed by atoms with Gasteiger partial charge in [-0.1, -0.05) is 36.4 Å². The average Bonchev–Trinajstić information content (AvgIpc) is 3.09. The molecular formula is C21H25IN4O. The van der Waals surface area contributed by atoms with Crippen LogP contribution in [0, 0.1) is 0 Å². The minimum atomic E-state index is 0. The molecule has 0 fully saturated rings. The Morgan fingerprint density at radius 3 is 2.89 bits per heavy atom. The van der Waals surface area contributed by atoms with Gasteiger partial charge in [-0.25, -0.2) is 0 Å². The first-order valence-corrected chi connectivity index (χ1v) is 9.13. The largest absolute Gasteiger partial charge is 0.493 e. The van der Waals surface area contributed by atoms with E-state index in [1.165, 1.54) is 10.9 Å². The van der Waals surface area contributed by atoms with Crippen molar-refractivity contribution >= 4 is 40.8 Å². The standard InChI is InChI=1S/C21H24N4O.HI/c22-21(24-18-11-15-26-20-9-4-2-7-17(18)20)23-12-5-13-25-14-10-16-6-1-3-8-19(16)25;/h1-4,6-10,14,18H,5,11-13,15H2,(H3,22,23,24);1H. The summed E-state index contributed by atoms with van der Waals surface area (Å²) in [4.78, 5) is 4.50. The second-order valence-electron chi connectivity index (χ2n) is 6.56. The summed E-state index contributed by atoms with van der Waals surface area (Å²) in [5, 5.41) is 4.61. The summed E-state index contributed by atoms with van der Waals surface area (Å²) in [5.74, 6) is 1.44. The first-order valence-electron chi connectivity index (χ1n) is 9.13. The summed E-state index contributed by atoms with van der Waals surface area (Å²) in [6, 6.07) is 18.8. The van der Waals surface area contributed by atoms with Crippen molar-refractivity contribution in [1.29, 1.82) is 0 Å². The number of hydrogen-bond acceptors (Lipinski definition) is 2. The highest BCUT2D eigenvalue weighted by Crippen LogP contribution is 2.31. The summed E-state index contributed by atoms with van der Waals surface area (Å²) in [5.41, 5.74) is 8.52. The van der Waals surface area contributed by atoms with Gasteiger partial charge in [0, 0.05) is 36.8 Å². The van der Waals surface area contributed by atoms with Gasteiger partial charge in [0.05, 0.1) is 12.6 Å². The molecule has 1 aliphatic heterocycles. The molecule has 1 atom stereocenters. The maximum Gasteiger partial charge on any atom is 0.189 e. The number of aromatic nitrogens is 1. The third-order valence-electron chi connectivity index (χ3n) is 4.80. The van der Waals surface area contributed by atoms with E-state index >= 15 is 0 Å². The maximum atomic E-state index is 6.10. The van der Waals surface area contributed by atoms with Gasteiger partial charge in [-0.05, 0) is 30.0 Å². The van der Waals surface area contributed by atoms with Crippen LogP contribution in [-0.4, -0.2) is 23.7 Å². The molecule has 2 heterocycles. The van der Waals surface area contributed by atoms with Crippen molar-refractivity contribution in [2.45, 2.75) is 25.4 Å². The molecule has 27 heavy (non-hydrogen) atoms. The molecule has 3 aromatic rings. The lowest BCUT2D eigenvalue weighted by atomic mass is 10.0. The van der Waals surface area contributed by atoms with Crippen molar-refractivity contribution in [3.05, 3.63) is 66.4 Å². The fraction of sp³-hybridized carbons (Fsp3) is 0.286. The van der Waals surface area contributed by atoms with E-state index in [2.05, 4.69) is 57.5 Å². The number of benzene rings is 2. The van der Waals surface area contributed by atoms with Crippen LogP contribution in [0.5, 0.6) is 5.75 Å². The molecule has 0 spiro atoms. The molecule has 1 aromatic heterocycles. The first-order chi connectivity index (χ1) is 12.8. The Kier molecular flexibility index (Phi) is 6.60. The van der Waals surface area contributed by atoms with Crippen LogP contribution in [0.1, 0.15) is 24.4 Å². The van der Waals surface area contributed by atoms with Crippen molar-refractivity contribution in [3.63, 3.8) is 0 Å². The van der Waals surface area contributed by atoms with Crippen LogP contribution in [0.25, 0.3) is 10.9 Å². The molecule has 0 bridgehead atoms. The van der Waals surface area contributed by atoms with Gasteiger partial charge in [-0.15, -0.1) is 24.0 Å². The number of aryl methyl sites for hydroxylation is 1. The summed E-state index contributed by atoms with van der Waals surface area (Å²) in [6.45, 7) is 2.34. The van der Waals surface area contributed by atoms with Gasteiger partial charge < -0.3 is 20.4 Å². The van der Waals surface area contributed by atoms with Crippen molar-refractivity contribution in [2.24, 2.45) is 10.7 Å². The summed E-state index contributed by atoms with van der Waals surface area (Å²) >= 11 is 0. The number of rotatable bonds is 5. The molecular weight excluding hydrogens is 451 g/mol. The zero-order valence-electron chi connectivity index (χ0n) is 15.2. The Hall–Kier alpha value is -2.22. The van der Waals surface area contributed by atoms with Crippen molar-refractivity contribution in [2.75, 3.05) is 13.2 Å². The third kappa shape index (κ3) is 4.55. The zero-order valence-corrected chi connectivity index (χ0v) is 17.5. The summed E-state index contributed by atoms with van der Waals surface area (Å²) < 4.78 is 7.95. The van der Waals surface area contributed by atoms with Gasteiger partial charge in [0.25, 0.3) is 0 Å². The monoisotopic (exact) mass is 476 g/mol. The van der Waals surface area contributed by atoms with Crippen LogP contribution in [0.15, 0.2) is 65.8 Å². The number of para-hydroxylation sites is 2. The smallest absolute Gasteiger partial charge is 0.189 e. The number of nitrogens with zero attached hydrogens (tertiary/aromatic N) is 2. The highest BCUT2D eigenvalue weighted by Gasteiger charge is 2.21. The predicted molar refractivity (Wildman–Crippen MR) is 121 cm³/mol. The molecule has 1 aliphatic rings. The van der Waals surface area contributed by atoms with Gasteiger partial charge in [-0.3, -0.25) is 4.99 Å². The van der Waals surface area contributed by atoms with E-state index in [0.29, 0.717) is 19.1 Å². The van der Waals surface area contributed by atoms with E-state index < -0.39 is 0 Å². The minimum absolute atomic E-state index is 0. The fourth-order valence-electron chi connectivity index (χ4n) is 3.49. The SMILES string of the molecule is I.NC(=NCCCn1ccc2ccccc21)NC1CCOc2ccccc21. The molecule has 3 N–H and O–H groups in total. The number of fused-ring (bicyclic) bond motifs is 2. The Labute approximate surface area is 176 Å². The normalized spacial score (nSPS) is 16.3. The number of guanidine groups is 1. The van der Waals surface area contributed by atoms with Crippen molar-refractivity contribution in [3.8, 4) is 5.75 Å². The number of nitrogens with two attached hydrogens (primary N) is 1. The molecule has 0 aliphatic carbocycles. The second-order valence-corrected chi connectivity index (χ2v) is 6.56. The van der Waals surface area contributed by atoms with Crippen LogP contribution in [0.3, 0.4) is 0 Å². The molecule has 0 radical (unpaired) electrons. The topological polar surface area (TPSA) is 64.6 Å². The van der Waals surface area contributed by atoms with Gasteiger partial charge in [0.1, 0.15) is 5.75 Å². The number of aliphatic imine (C=N–C) groups is 1. The average molecular weight is 476 g/mol. The van der Waals surface area contributed by atoms with Crippen molar-refractivity contribution in [1.82, 2.24) is 9.88 Å². The minimum Gasteiger partial charge on any atom is -0.493 e. The van der Waals surface area contributed by atoms with Crippen LogP contribution in [0.4, 0.5) is 0 Å². The van der Waals surface area contributed by atoms with Crippen LogP contribution < -0.4 is 15.8 Å². The number of halogens is 1. The zero-order chi connectivity index (χ0) is 17.8. The predicted octanol–water partition coefficient (Wildman–Crippen LogP) is 4.08. The van der Waals surface area contributed by atoms with Gasteiger partial charge in [0.2, 0.25) is 0 Å². The lowest BCUT2D eigenvalue weighted by molar-refractivity contribution is 0.262. The second kappa shape index (κ2) is 9.12. The van der Waals surface area contributed by atoms with Crippen LogP contribution in [-0.2, 0) is 6.54 Å². The molecule has 1 unspecified atom stereocenters. The van der Waals surface area contributed by atoms with Gasteiger partial charge in [-0.2, -0.15) is 0 Å². The number of nitrogens with one attached hydrogen (secondary N) is 1. The lowest BCUT2D eigenvalue weighted by Gasteiger charge is -2.26. The van der Waals surface area contributed by atoms with Crippen LogP contribution in [0.2, 0.25) is 0 Å². The summed E-state index contributed by atoms with van der Waals surface area (Å²) in [6.07, 6.45) is 3.98. The van der Waals surface area contributed by atoms with E-state index in [-0.39, 0.29) is 30.0 Å². The third-order valence-corrected chi connectivity index (χ3v) is 4.80. The summed E-state index contributed by atoms with van der Waals surface area (Å²) in [7, 11) is 0. The molecule has 5 nitrogen and oxygen atoms in total. The van der Waals surface area contributed by atoms with E-state index in [4.69, 9.17) is 10.5 Å². The van der Waals surface area contributed by atoms with E-state index in [1.54, 1.807) is 0 Å². The van der Waals surface area contributed by atoms with Crippen LogP contribution >= 0.6 is 24.0 Å². The Morgan fingerprint density at radius 1 is 1.15 bits per heavy atom. The highest BCUT2D eigenvalue weighted by molar-refractivity contribution is 14.0. The molecule has 6 heteroatoms. The molecule has 142 valence electrons. The lowest BCUT2D eigenvalue weighted by Crippen LogP contribution is -2.37. The quantitative estimate of drug-likeness (QED) is 0.253. The number of hydrogen-bond donors (Lipinski definition) is 2. The van der Waals surface area contributed by atoms with E-state index in [0.717, 1.165) is 30.7 Å². The molecule has 0 saturated heterocycles.